The van der Waals surface area contributed by atoms with Crippen LogP contribution in [0.1, 0.15) is 36.5 Å². The molecule has 1 aromatic heterocycles. The van der Waals surface area contributed by atoms with E-state index >= 15 is 0 Å². The van der Waals surface area contributed by atoms with Gasteiger partial charge in [0.15, 0.2) is 0 Å². The fourth-order valence-electron chi connectivity index (χ4n) is 3.56. The van der Waals surface area contributed by atoms with E-state index in [0.29, 0.717) is 5.92 Å². The minimum atomic E-state index is 0.547. The number of rotatable bonds is 8. The lowest BCUT2D eigenvalue weighted by Crippen LogP contribution is -2.16. The third kappa shape index (κ3) is 4.87. The van der Waals surface area contributed by atoms with Crippen molar-refractivity contribution in [1.29, 1.82) is 0 Å². The van der Waals surface area contributed by atoms with Crippen LogP contribution in [0, 0.1) is 0 Å². The van der Waals surface area contributed by atoms with Gasteiger partial charge in [0, 0.05) is 23.6 Å². The molecule has 1 heterocycles. The summed E-state index contributed by atoms with van der Waals surface area (Å²) in [6, 6.07) is 24.9. The number of aromatic nitrogens is 1. The Labute approximate surface area is 172 Å². The molecule has 3 aromatic carbocycles. The number of para-hydroxylation sites is 1. The van der Waals surface area contributed by atoms with Crippen LogP contribution in [0.15, 0.2) is 79.0 Å². The van der Waals surface area contributed by atoms with Crippen molar-refractivity contribution in [2.75, 3.05) is 6.54 Å². The minimum Gasteiger partial charge on any atom is -0.457 e. The first kappa shape index (κ1) is 19.3. The highest BCUT2D eigenvalue weighted by Crippen LogP contribution is 2.24. The van der Waals surface area contributed by atoms with Crippen LogP contribution in [-0.2, 0) is 13.0 Å². The molecule has 0 fully saturated rings. The number of aromatic amines is 1. The summed E-state index contributed by atoms with van der Waals surface area (Å²) in [5.41, 5.74) is 5.20. The molecular weight excluding hydrogens is 356 g/mol. The molecule has 0 bridgehead atoms. The maximum atomic E-state index is 5.93. The number of benzene rings is 3. The van der Waals surface area contributed by atoms with Gasteiger partial charge < -0.3 is 15.0 Å². The highest BCUT2D eigenvalue weighted by Gasteiger charge is 2.07. The summed E-state index contributed by atoms with van der Waals surface area (Å²) in [6.07, 6.45) is 3.15. The molecule has 3 heteroatoms. The Bertz CT molecular complexity index is 1070. The Kier molecular flexibility index (Phi) is 5.97. The van der Waals surface area contributed by atoms with Crippen LogP contribution in [0.5, 0.6) is 11.5 Å². The molecule has 4 aromatic rings. The third-order valence-corrected chi connectivity index (χ3v) is 5.24. The highest BCUT2D eigenvalue weighted by molar-refractivity contribution is 5.84. The van der Waals surface area contributed by atoms with Crippen molar-refractivity contribution < 1.29 is 4.74 Å². The minimum absolute atomic E-state index is 0.547. The summed E-state index contributed by atoms with van der Waals surface area (Å²) in [4.78, 5) is 3.40. The molecule has 2 N–H and O–H groups in total. The zero-order valence-electron chi connectivity index (χ0n) is 17.1. The quantitative estimate of drug-likeness (QED) is 0.344. The summed E-state index contributed by atoms with van der Waals surface area (Å²) < 4.78 is 5.93. The molecular formula is C26H28N2O. The number of hydrogen-bond acceptors (Lipinski definition) is 2. The van der Waals surface area contributed by atoms with E-state index < -0.39 is 0 Å². The molecule has 0 spiro atoms. The van der Waals surface area contributed by atoms with Crippen LogP contribution in [0.4, 0.5) is 0 Å². The first-order valence-electron chi connectivity index (χ1n) is 10.3. The molecule has 0 radical (unpaired) electrons. The first-order chi connectivity index (χ1) is 14.2. The standard InChI is InChI=1S/C26H28N2O/c1-19(2)21-11-12-26-25(16-21)22(18-28-26)13-14-27-17-20-7-6-10-24(15-20)29-23-8-4-3-5-9-23/h3-12,15-16,18-19,27-28H,13-14,17H2,1-2H3. The van der Waals surface area contributed by atoms with E-state index in [1.807, 2.05) is 42.5 Å². The molecule has 0 aliphatic carbocycles. The number of hydrogen-bond donors (Lipinski definition) is 2. The van der Waals surface area contributed by atoms with Gasteiger partial charge in [-0.15, -0.1) is 0 Å². The first-order valence-corrected chi connectivity index (χ1v) is 10.3. The van der Waals surface area contributed by atoms with Gasteiger partial charge in [-0.05, 0) is 72.0 Å². The van der Waals surface area contributed by atoms with Crippen LogP contribution in [0.25, 0.3) is 10.9 Å². The maximum absolute atomic E-state index is 5.93. The molecule has 148 valence electrons. The summed E-state index contributed by atoms with van der Waals surface area (Å²) in [6.45, 7) is 6.24. The van der Waals surface area contributed by atoms with Crippen LogP contribution in [-0.4, -0.2) is 11.5 Å². The van der Waals surface area contributed by atoms with Crippen molar-refractivity contribution in [3.8, 4) is 11.5 Å². The zero-order chi connectivity index (χ0) is 20.1. The molecule has 0 unspecified atom stereocenters. The van der Waals surface area contributed by atoms with Gasteiger partial charge in [-0.1, -0.05) is 50.2 Å². The second-order valence-electron chi connectivity index (χ2n) is 7.76. The van der Waals surface area contributed by atoms with Crippen LogP contribution >= 0.6 is 0 Å². The lowest BCUT2D eigenvalue weighted by atomic mass is 10.00. The second-order valence-corrected chi connectivity index (χ2v) is 7.76. The van der Waals surface area contributed by atoms with E-state index in [4.69, 9.17) is 4.74 Å². The van der Waals surface area contributed by atoms with E-state index in [1.54, 1.807) is 0 Å². The average Bonchev–Trinajstić information content (AvgIpc) is 3.14. The molecule has 3 nitrogen and oxygen atoms in total. The fraction of sp³-hybridized carbons (Fsp3) is 0.231. The summed E-state index contributed by atoms with van der Waals surface area (Å²) in [7, 11) is 0. The van der Waals surface area contributed by atoms with Gasteiger partial charge in [0.05, 0.1) is 0 Å². The smallest absolute Gasteiger partial charge is 0.127 e. The van der Waals surface area contributed by atoms with Gasteiger partial charge in [0.1, 0.15) is 11.5 Å². The normalized spacial score (nSPS) is 11.3. The lowest BCUT2D eigenvalue weighted by molar-refractivity contribution is 0.481. The van der Waals surface area contributed by atoms with Crippen molar-refractivity contribution in [2.24, 2.45) is 0 Å². The SMILES string of the molecule is CC(C)c1ccc2[nH]cc(CCNCc3cccc(Oc4ccccc4)c3)c2c1. The Hall–Kier alpha value is -3.04. The Morgan fingerprint density at radius 2 is 1.72 bits per heavy atom. The number of fused-ring (bicyclic) bond motifs is 1. The summed E-state index contributed by atoms with van der Waals surface area (Å²) in [5, 5.41) is 4.91. The van der Waals surface area contributed by atoms with Crippen molar-refractivity contribution in [3.05, 3.63) is 95.7 Å². The number of H-pyrrole nitrogens is 1. The molecule has 0 aliphatic heterocycles. The van der Waals surface area contributed by atoms with Crippen LogP contribution < -0.4 is 10.1 Å². The second kappa shape index (κ2) is 8.97. The van der Waals surface area contributed by atoms with Crippen molar-refractivity contribution in [3.63, 3.8) is 0 Å². The Morgan fingerprint density at radius 3 is 2.55 bits per heavy atom. The van der Waals surface area contributed by atoms with E-state index in [9.17, 15) is 0 Å². The molecule has 29 heavy (non-hydrogen) atoms. The highest BCUT2D eigenvalue weighted by atomic mass is 16.5. The monoisotopic (exact) mass is 384 g/mol. The number of nitrogens with one attached hydrogen (secondary N) is 2. The van der Waals surface area contributed by atoms with E-state index in [1.165, 1.54) is 27.6 Å². The summed E-state index contributed by atoms with van der Waals surface area (Å²) in [5.74, 6) is 2.27. The summed E-state index contributed by atoms with van der Waals surface area (Å²) >= 11 is 0. The van der Waals surface area contributed by atoms with Gasteiger partial charge in [0.2, 0.25) is 0 Å². The van der Waals surface area contributed by atoms with Crippen LogP contribution in [0.3, 0.4) is 0 Å². The van der Waals surface area contributed by atoms with Gasteiger partial charge in [-0.2, -0.15) is 0 Å². The van der Waals surface area contributed by atoms with Gasteiger partial charge >= 0.3 is 0 Å². The molecule has 0 aliphatic rings. The molecule has 4 rings (SSSR count). The zero-order valence-corrected chi connectivity index (χ0v) is 17.1. The van der Waals surface area contributed by atoms with Crippen molar-refractivity contribution in [2.45, 2.75) is 32.7 Å². The molecule has 0 saturated carbocycles. The van der Waals surface area contributed by atoms with Crippen LogP contribution in [0.2, 0.25) is 0 Å². The van der Waals surface area contributed by atoms with Gasteiger partial charge in [-0.3, -0.25) is 0 Å². The van der Waals surface area contributed by atoms with Gasteiger partial charge in [0.25, 0.3) is 0 Å². The van der Waals surface area contributed by atoms with Crippen molar-refractivity contribution in [1.82, 2.24) is 10.3 Å². The Balaban J connectivity index is 1.33. The van der Waals surface area contributed by atoms with Gasteiger partial charge in [-0.25, -0.2) is 0 Å². The maximum Gasteiger partial charge on any atom is 0.127 e. The molecule has 0 atom stereocenters. The topological polar surface area (TPSA) is 37.0 Å². The predicted octanol–water partition coefficient (Wildman–Crippen LogP) is 6.42. The largest absolute Gasteiger partial charge is 0.457 e. The molecule has 0 amide bonds. The molecule has 0 saturated heterocycles. The average molecular weight is 385 g/mol. The third-order valence-electron chi connectivity index (χ3n) is 5.24. The fourth-order valence-corrected chi connectivity index (χ4v) is 3.56. The van der Waals surface area contributed by atoms with E-state index in [2.05, 4.69) is 60.7 Å². The van der Waals surface area contributed by atoms with E-state index in [0.717, 1.165) is 31.0 Å². The van der Waals surface area contributed by atoms with Crippen molar-refractivity contribution >= 4 is 10.9 Å². The van der Waals surface area contributed by atoms with E-state index in [-0.39, 0.29) is 0 Å². The number of ether oxygens (including phenoxy) is 1. The predicted molar refractivity (Wildman–Crippen MR) is 121 cm³/mol. The Morgan fingerprint density at radius 1 is 0.897 bits per heavy atom. The lowest BCUT2D eigenvalue weighted by Gasteiger charge is -2.09.